The van der Waals surface area contributed by atoms with Gasteiger partial charge in [-0.3, -0.25) is 4.79 Å². The van der Waals surface area contributed by atoms with Crippen LogP contribution in [0.25, 0.3) is 10.9 Å². The van der Waals surface area contributed by atoms with Crippen LogP contribution < -0.4 is 5.32 Å². The van der Waals surface area contributed by atoms with Crippen LogP contribution in [-0.4, -0.2) is 23.4 Å². The van der Waals surface area contributed by atoms with Crippen LogP contribution in [0.3, 0.4) is 0 Å². The van der Waals surface area contributed by atoms with Crippen LogP contribution in [-0.2, 0) is 13.5 Å². The number of nitrogens with one attached hydrogen (secondary N) is 1. The summed E-state index contributed by atoms with van der Waals surface area (Å²) in [7, 11) is 1.98. The largest absolute Gasteiger partial charge is 0.350 e. The van der Waals surface area contributed by atoms with Crippen LogP contribution in [0.4, 0.5) is 0 Å². The molecule has 0 aliphatic rings. The number of aromatic nitrogens is 1. The lowest BCUT2D eigenvalue weighted by Crippen LogP contribution is -2.22. The molecule has 0 atom stereocenters. The predicted molar refractivity (Wildman–Crippen MR) is 75.2 cm³/mol. The van der Waals surface area contributed by atoms with Crippen molar-refractivity contribution in [2.75, 3.05) is 13.1 Å². The highest BCUT2D eigenvalue weighted by molar-refractivity contribution is 6.09. The summed E-state index contributed by atoms with van der Waals surface area (Å²) in [5, 5.41) is 4.16. The van der Waals surface area contributed by atoms with Crippen LogP contribution >= 0.6 is 0 Å². The summed E-state index contributed by atoms with van der Waals surface area (Å²) in [5.74, 6) is 0.163. The van der Waals surface area contributed by atoms with E-state index in [-0.39, 0.29) is 5.78 Å². The predicted octanol–water partition coefficient (Wildman–Crippen LogP) is 2.53. The topological polar surface area (TPSA) is 34.0 Å². The van der Waals surface area contributed by atoms with Gasteiger partial charge in [0.25, 0.3) is 0 Å². The van der Waals surface area contributed by atoms with Crippen molar-refractivity contribution in [3.05, 3.63) is 35.5 Å². The maximum Gasteiger partial charge on any atom is 0.178 e. The van der Waals surface area contributed by atoms with Crippen LogP contribution in [0.1, 0.15) is 29.8 Å². The number of benzene rings is 1. The number of carbonyl (C=O) groups excluding carboxylic acids is 1. The van der Waals surface area contributed by atoms with Gasteiger partial charge in [0.05, 0.1) is 6.54 Å². The molecule has 0 spiro atoms. The molecule has 0 saturated carbocycles. The highest BCUT2D eigenvalue weighted by atomic mass is 16.1. The van der Waals surface area contributed by atoms with Gasteiger partial charge in [0.15, 0.2) is 5.78 Å². The van der Waals surface area contributed by atoms with E-state index in [1.54, 1.807) is 0 Å². The van der Waals surface area contributed by atoms with Gasteiger partial charge in [-0.05, 0) is 30.7 Å². The van der Waals surface area contributed by atoms with Crippen molar-refractivity contribution < 1.29 is 4.79 Å². The van der Waals surface area contributed by atoms with Crippen LogP contribution in [0.5, 0.6) is 0 Å². The van der Waals surface area contributed by atoms with Gasteiger partial charge in [-0.1, -0.05) is 19.9 Å². The second kappa shape index (κ2) is 5.36. The van der Waals surface area contributed by atoms with Gasteiger partial charge in [-0.15, -0.1) is 0 Å². The molecule has 2 rings (SSSR count). The van der Waals surface area contributed by atoms with Crippen molar-refractivity contribution in [3.63, 3.8) is 0 Å². The molecule has 0 saturated heterocycles. The number of hydrogen-bond acceptors (Lipinski definition) is 2. The first kappa shape index (κ1) is 12.8. The normalized spacial score (nSPS) is 11.1. The highest BCUT2D eigenvalue weighted by Gasteiger charge is 2.13. The van der Waals surface area contributed by atoms with E-state index in [0.29, 0.717) is 6.54 Å². The summed E-state index contributed by atoms with van der Waals surface area (Å²) < 4.78 is 2.02. The molecule has 2 aromatic rings. The van der Waals surface area contributed by atoms with Gasteiger partial charge in [0.1, 0.15) is 0 Å². The van der Waals surface area contributed by atoms with Gasteiger partial charge in [0.2, 0.25) is 0 Å². The summed E-state index contributed by atoms with van der Waals surface area (Å²) in [5.41, 5.74) is 3.21. The molecule has 3 nitrogen and oxygen atoms in total. The molecule has 1 aromatic heterocycles. The molecule has 96 valence electrons. The average Bonchev–Trinajstić information content (AvgIpc) is 2.73. The number of nitrogens with zero attached hydrogens (tertiary/aromatic N) is 1. The fraction of sp³-hybridized carbons (Fsp3) is 0.400. The Morgan fingerprint density at radius 2 is 2.11 bits per heavy atom. The van der Waals surface area contributed by atoms with Crippen LogP contribution in [0.15, 0.2) is 24.4 Å². The van der Waals surface area contributed by atoms with Gasteiger partial charge >= 0.3 is 0 Å². The van der Waals surface area contributed by atoms with Gasteiger partial charge in [0, 0.05) is 29.7 Å². The van der Waals surface area contributed by atoms with Crippen molar-refractivity contribution in [3.8, 4) is 0 Å². The minimum atomic E-state index is 0.163. The lowest BCUT2D eigenvalue weighted by molar-refractivity contribution is 0.0993. The van der Waals surface area contributed by atoms with Gasteiger partial charge in [-0.2, -0.15) is 0 Å². The molecule has 0 amide bonds. The van der Waals surface area contributed by atoms with Crippen molar-refractivity contribution in [2.24, 2.45) is 7.05 Å². The molecule has 0 radical (unpaired) electrons. The molecule has 0 aliphatic carbocycles. The second-order valence-corrected chi connectivity index (χ2v) is 4.56. The minimum absolute atomic E-state index is 0.163. The third kappa shape index (κ3) is 2.31. The number of likely N-dealkylation sites (N-methyl/N-ethyl adjacent to an activating group) is 1. The zero-order valence-corrected chi connectivity index (χ0v) is 11.3. The molecule has 0 fully saturated rings. The van der Waals surface area contributed by atoms with Crippen molar-refractivity contribution >= 4 is 16.7 Å². The zero-order chi connectivity index (χ0) is 13.1. The Morgan fingerprint density at radius 3 is 2.78 bits per heavy atom. The lowest BCUT2D eigenvalue weighted by atomic mass is 10.1. The first-order valence-electron chi connectivity index (χ1n) is 6.49. The Bertz CT molecular complexity index is 569. The molecule has 18 heavy (non-hydrogen) atoms. The number of Topliss-reactive ketones (excluding diaryl/α,β-unsaturated/α-hetero) is 1. The molecule has 1 N–H and O–H groups in total. The SMILES string of the molecule is CCNCC(=O)c1cn(C)c2ccc(CC)cc12. The first-order valence-corrected chi connectivity index (χ1v) is 6.49. The number of aryl methyl sites for hydroxylation is 2. The number of carbonyl (C=O) groups is 1. The average molecular weight is 244 g/mol. The molecule has 0 bridgehead atoms. The minimum Gasteiger partial charge on any atom is -0.350 e. The summed E-state index contributed by atoms with van der Waals surface area (Å²) in [6.45, 7) is 5.36. The summed E-state index contributed by atoms with van der Waals surface area (Å²) in [6, 6.07) is 6.35. The number of hydrogen-bond donors (Lipinski definition) is 1. The molecule has 1 heterocycles. The standard InChI is InChI=1S/C15H20N2O/c1-4-11-6-7-14-12(8-11)13(10-17(14)3)15(18)9-16-5-2/h6-8,10,16H,4-5,9H2,1-3H3. The van der Waals surface area contributed by atoms with E-state index < -0.39 is 0 Å². The van der Waals surface area contributed by atoms with E-state index in [4.69, 9.17) is 0 Å². The molecule has 3 heteroatoms. The van der Waals surface area contributed by atoms with E-state index in [9.17, 15) is 4.79 Å². The van der Waals surface area contributed by atoms with E-state index >= 15 is 0 Å². The van der Waals surface area contributed by atoms with E-state index in [0.717, 1.165) is 29.4 Å². The van der Waals surface area contributed by atoms with E-state index in [1.165, 1.54) is 5.56 Å². The monoisotopic (exact) mass is 244 g/mol. The summed E-state index contributed by atoms with van der Waals surface area (Å²) >= 11 is 0. The van der Waals surface area contributed by atoms with Crippen molar-refractivity contribution in [1.29, 1.82) is 0 Å². The first-order chi connectivity index (χ1) is 8.67. The Kier molecular flexibility index (Phi) is 3.82. The van der Waals surface area contributed by atoms with Crippen molar-refractivity contribution in [2.45, 2.75) is 20.3 Å². The Balaban J connectivity index is 2.46. The quantitative estimate of drug-likeness (QED) is 0.820. The maximum atomic E-state index is 12.2. The molecular weight excluding hydrogens is 224 g/mol. The van der Waals surface area contributed by atoms with Crippen LogP contribution in [0.2, 0.25) is 0 Å². The van der Waals surface area contributed by atoms with Gasteiger partial charge < -0.3 is 9.88 Å². The summed E-state index contributed by atoms with van der Waals surface area (Å²) in [4.78, 5) is 12.2. The maximum absolute atomic E-state index is 12.2. The number of ketones is 1. The molecule has 0 aliphatic heterocycles. The van der Waals surface area contributed by atoms with Crippen molar-refractivity contribution in [1.82, 2.24) is 9.88 Å². The molecule has 0 unspecified atom stereocenters. The number of fused-ring (bicyclic) bond motifs is 1. The molecular formula is C15H20N2O. The third-order valence-electron chi connectivity index (χ3n) is 3.30. The highest BCUT2D eigenvalue weighted by Crippen LogP contribution is 2.22. The number of rotatable bonds is 5. The van der Waals surface area contributed by atoms with E-state index in [1.807, 2.05) is 24.7 Å². The fourth-order valence-electron chi connectivity index (χ4n) is 2.22. The Morgan fingerprint density at radius 1 is 1.33 bits per heavy atom. The third-order valence-corrected chi connectivity index (χ3v) is 3.30. The summed E-state index contributed by atoms with van der Waals surface area (Å²) in [6.07, 6.45) is 2.93. The Hall–Kier alpha value is -1.61. The van der Waals surface area contributed by atoms with Crippen LogP contribution in [0, 0.1) is 0 Å². The molecule has 1 aromatic carbocycles. The fourth-order valence-corrected chi connectivity index (χ4v) is 2.22. The van der Waals surface area contributed by atoms with Gasteiger partial charge in [-0.25, -0.2) is 0 Å². The lowest BCUT2D eigenvalue weighted by Gasteiger charge is -2.01. The second-order valence-electron chi connectivity index (χ2n) is 4.56. The zero-order valence-electron chi connectivity index (χ0n) is 11.3. The smallest absolute Gasteiger partial charge is 0.178 e. The Labute approximate surface area is 108 Å². The van der Waals surface area contributed by atoms with E-state index in [2.05, 4.69) is 30.4 Å².